The number of nitrogens with zero attached hydrogens (tertiary/aromatic N) is 1. The molecule has 31 heavy (non-hydrogen) atoms. The Morgan fingerprint density at radius 1 is 0.968 bits per heavy atom. The Bertz CT molecular complexity index is 1230. The predicted molar refractivity (Wildman–Crippen MR) is 124 cm³/mol. The van der Waals surface area contributed by atoms with Crippen LogP contribution < -0.4 is 14.4 Å². The van der Waals surface area contributed by atoms with E-state index in [0.29, 0.717) is 22.1 Å². The molecule has 0 aliphatic carbocycles. The number of ether oxygens (including phenoxy) is 1. The van der Waals surface area contributed by atoms with Gasteiger partial charge in [-0.15, -0.1) is 0 Å². The van der Waals surface area contributed by atoms with Crippen LogP contribution in [-0.2, 0) is 10.0 Å². The molecule has 6 nitrogen and oxygen atoms in total. The molecule has 1 amide bonds. The lowest BCUT2D eigenvalue weighted by atomic mass is 10.2. The maximum absolute atomic E-state index is 13.1. The van der Waals surface area contributed by atoms with Crippen LogP contribution in [0.4, 0.5) is 11.4 Å². The monoisotopic (exact) mass is 478 g/mol. The highest BCUT2D eigenvalue weighted by molar-refractivity contribution is 7.92. The van der Waals surface area contributed by atoms with Crippen LogP contribution in [0.2, 0.25) is 10.0 Å². The van der Waals surface area contributed by atoms with Crippen LogP contribution in [0.25, 0.3) is 0 Å². The quantitative estimate of drug-likeness (QED) is 0.515. The number of aryl methyl sites for hydroxylation is 1. The second-order valence-electron chi connectivity index (χ2n) is 6.73. The van der Waals surface area contributed by atoms with Crippen molar-refractivity contribution in [3.05, 3.63) is 81.8 Å². The number of sulfonamides is 1. The van der Waals surface area contributed by atoms with Crippen LogP contribution in [-0.4, -0.2) is 28.5 Å². The molecule has 162 valence electrons. The van der Waals surface area contributed by atoms with E-state index in [1.165, 1.54) is 32.4 Å². The molecule has 0 saturated carbocycles. The number of benzene rings is 3. The van der Waals surface area contributed by atoms with Gasteiger partial charge in [0.15, 0.2) is 0 Å². The third-order valence-corrected chi connectivity index (χ3v) is 7.22. The van der Waals surface area contributed by atoms with Gasteiger partial charge >= 0.3 is 0 Å². The molecule has 3 aromatic carbocycles. The summed E-state index contributed by atoms with van der Waals surface area (Å²) in [6.07, 6.45) is 0. The fourth-order valence-corrected chi connectivity index (χ4v) is 4.40. The van der Waals surface area contributed by atoms with Gasteiger partial charge in [-0.3, -0.25) is 9.10 Å². The number of carbonyl (C=O) groups is 1. The van der Waals surface area contributed by atoms with Crippen molar-refractivity contribution in [1.29, 1.82) is 0 Å². The van der Waals surface area contributed by atoms with Crippen molar-refractivity contribution in [2.45, 2.75) is 11.8 Å². The highest BCUT2D eigenvalue weighted by Crippen LogP contribution is 2.28. The van der Waals surface area contributed by atoms with E-state index < -0.39 is 15.9 Å². The van der Waals surface area contributed by atoms with Gasteiger partial charge in [0.1, 0.15) is 5.75 Å². The first-order chi connectivity index (χ1) is 14.6. The van der Waals surface area contributed by atoms with Gasteiger partial charge in [0.2, 0.25) is 0 Å². The summed E-state index contributed by atoms with van der Waals surface area (Å²) in [5.74, 6) is 0.0604. The third-order valence-electron chi connectivity index (χ3n) is 4.71. The van der Waals surface area contributed by atoms with E-state index in [9.17, 15) is 13.2 Å². The molecule has 3 rings (SSSR count). The molecular weight excluding hydrogens is 459 g/mol. The van der Waals surface area contributed by atoms with Crippen molar-refractivity contribution in [3.8, 4) is 5.75 Å². The largest absolute Gasteiger partial charge is 0.497 e. The number of rotatable bonds is 6. The second-order valence-corrected chi connectivity index (χ2v) is 9.51. The zero-order valence-corrected chi connectivity index (χ0v) is 19.3. The zero-order valence-electron chi connectivity index (χ0n) is 17.0. The molecular formula is C22H20Cl2N2O4S. The van der Waals surface area contributed by atoms with Gasteiger partial charge in [-0.05, 0) is 67.1 Å². The Labute approximate surface area is 191 Å². The molecule has 0 radical (unpaired) electrons. The molecule has 0 spiro atoms. The van der Waals surface area contributed by atoms with Crippen molar-refractivity contribution < 1.29 is 17.9 Å². The summed E-state index contributed by atoms with van der Waals surface area (Å²) in [5.41, 5.74) is 1.81. The van der Waals surface area contributed by atoms with Gasteiger partial charge in [0.25, 0.3) is 15.9 Å². The fraction of sp³-hybridized carbons (Fsp3) is 0.136. The summed E-state index contributed by atoms with van der Waals surface area (Å²) in [6.45, 7) is 1.85. The van der Waals surface area contributed by atoms with Crippen molar-refractivity contribution in [2.24, 2.45) is 0 Å². The van der Waals surface area contributed by atoms with Gasteiger partial charge < -0.3 is 10.1 Å². The van der Waals surface area contributed by atoms with E-state index in [0.717, 1.165) is 9.87 Å². The van der Waals surface area contributed by atoms with Crippen LogP contribution in [0.5, 0.6) is 5.75 Å². The molecule has 0 heterocycles. The average Bonchev–Trinajstić information content (AvgIpc) is 2.76. The maximum atomic E-state index is 13.1. The summed E-state index contributed by atoms with van der Waals surface area (Å²) < 4.78 is 32.5. The van der Waals surface area contributed by atoms with Gasteiger partial charge in [-0.1, -0.05) is 29.3 Å². The standard InChI is InChI=1S/C22H20Cl2N2O4S/c1-14-4-5-15(12-21(14)24)25-22(27)19-13-18(10-11-20(19)23)31(28,29)26(2)16-6-8-17(30-3)9-7-16/h4-13H,1-3H3,(H,25,27). The van der Waals surface area contributed by atoms with E-state index in [4.69, 9.17) is 27.9 Å². The SMILES string of the molecule is COc1ccc(N(C)S(=O)(=O)c2ccc(Cl)c(C(=O)Nc3ccc(C)c(Cl)c3)c2)cc1. The van der Waals surface area contributed by atoms with E-state index >= 15 is 0 Å². The van der Waals surface area contributed by atoms with Crippen LogP contribution in [0, 0.1) is 6.92 Å². The highest BCUT2D eigenvalue weighted by atomic mass is 35.5. The minimum absolute atomic E-state index is 0.0302. The summed E-state index contributed by atoms with van der Waals surface area (Å²) in [7, 11) is -0.978. The topological polar surface area (TPSA) is 75.7 Å². The van der Waals surface area contributed by atoms with Crippen molar-refractivity contribution in [1.82, 2.24) is 0 Å². The molecule has 0 aliphatic heterocycles. The summed E-state index contributed by atoms with van der Waals surface area (Å²) in [6, 6.07) is 15.6. The number of amides is 1. The van der Waals surface area contributed by atoms with Crippen LogP contribution in [0.15, 0.2) is 65.6 Å². The smallest absolute Gasteiger partial charge is 0.264 e. The summed E-state index contributed by atoms with van der Waals surface area (Å²) in [5, 5.41) is 3.32. The predicted octanol–water partition coefficient (Wildman–Crippen LogP) is 5.39. The number of nitrogens with one attached hydrogen (secondary N) is 1. The first-order valence-electron chi connectivity index (χ1n) is 9.13. The first-order valence-corrected chi connectivity index (χ1v) is 11.3. The van der Waals surface area contributed by atoms with E-state index in [2.05, 4.69) is 5.32 Å². The molecule has 0 atom stereocenters. The van der Waals surface area contributed by atoms with E-state index in [-0.39, 0.29) is 15.5 Å². The molecule has 9 heteroatoms. The van der Waals surface area contributed by atoms with Crippen molar-refractivity contribution in [2.75, 3.05) is 23.8 Å². The zero-order chi connectivity index (χ0) is 22.8. The van der Waals surface area contributed by atoms with Crippen molar-refractivity contribution >= 4 is 50.5 Å². The maximum Gasteiger partial charge on any atom is 0.264 e. The fourth-order valence-electron chi connectivity index (χ4n) is 2.80. The summed E-state index contributed by atoms with van der Waals surface area (Å²) >= 11 is 12.3. The molecule has 0 saturated heterocycles. The Hall–Kier alpha value is -2.74. The molecule has 0 fully saturated rings. The van der Waals surface area contributed by atoms with Gasteiger partial charge in [0.05, 0.1) is 28.3 Å². The molecule has 0 unspecified atom stereocenters. The molecule has 0 aromatic heterocycles. The van der Waals surface area contributed by atoms with Crippen LogP contribution >= 0.6 is 23.2 Å². The van der Waals surface area contributed by atoms with Crippen LogP contribution in [0.3, 0.4) is 0 Å². The van der Waals surface area contributed by atoms with Gasteiger partial charge in [0, 0.05) is 17.8 Å². The first kappa shape index (κ1) is 22.9. The Morgan fingerprint density at radius 2 is 1.65 bits per heavy atom. The third kappa shape index (κ3) is 4.95. The normalized spacial score (nSPS) is 11.1. The molecule has 0 aliphatic rings. The average molecular weight is 479 g/mol. The number of anilines is 2. The molecule has 1 N–H and O–H groups in total. The second kappa shape index (κ2) is 9.18. The lowest BCUT2D eigenvalue weighted by Gasteiger charge is -2.20. The molecule has 3 aromatic rings. The summed E-state index contributed by atoms with van der Waals surface area (Å²) in [4.78, 5) is 12.7. The Morgan fingerprint density at radius 3 is 2.26 bits per heavy atom. The molecule has 0 bridgehead atoms. The van der Waals surface area contributed by atoms with Crippen molar-refractivity contribution in [3.63, 3.8) is 0 Å². The number of hydrogen-bond acceptors (Lipinski definition) is 4. The van der Waals surface area contributed by atoms with Gasteiger partial charge in [-0.2, -0.15) is 0 Å². The minimum Gasteiger partial charge on any atom is -0.497 e. The lowest BCUT2D eigenvalue weighted by molar-refractivity contribution is 0.102. The van der Waals surface area contributed by atoms with Gasteiger partial charge in [-0.25, -0.2) is 8.42 Å². The highest BCUT2D eigenvalue weighted by Gasteiger charge is 2.24. The van der Waals surface area contributed by atoms with E-state index in [1.54, 1.807) is 42.5 Å². The lowest BCUT2D eigenvalue weighted by Crippen LogP contribution is -2.27. The Balaban J connectivity index is 1.91. The number of carbonyl (C=O) groups excluding carboxylic acids is 1. The Kier molecular flexibility index (Phi) is 6.79. The van der Waals surface area contributed by atoms with E-state index in [1.807, 2.05) is 6.92 Å². The minimum atomic E-state index is -3.94. The number of methoxy groups -OCH3 is 1. The van der Waals surface area contributed by atoms with Crippen LogP contribution in [0.1, 0.15) is 15.9 Å². The number of hydrogen-bond donors (Lipinski definition) is 1. The number of halogens is 2.